The van der Waals surface area contributed by atoms with E-state index in [-0.39, 0.29) is 18.9 Å². The topological polar surface area (TPSA) is 308 Å². The van der Waals surface area contributed by atoms with Gasteiger partial charge in [-0.3, -0.25) is 47.9 Å². The predicted octanol–water partition coefficient (Wildman–Crippen LogP) is 1.45. The number of ether oxygens (including phenoxy) is 11. The Morgan fingerprint density at radius 2 is 0.971 bits per heavy atom. The maximum Gasteiger partial charge on any atom is 0.303 e. The van der Waals surface area contributed by atoms with Crippen LogP contribution in [0.1, 0.15) is 120 Å². The maximum atomic E-state index is 13.7. The van der Waals surface area contributed by atoms with Crippen LogP contribution < -0.4 is 16.0 Å². The van der Waals surface area contributed by atoms with Crippen molar-refractivity contribution in [3.05, 3.63) is 12.7 Å². The largest absolute Gasteiger partial charge is 0.463 e. The first-order valence-electron chi connectivity index (χ1n) is 23.3. The van der Waals surface area contributed by atoms with Crippen molar-refractivity contribution in [3.8, 4) is 0 Å². The third kappa shape index (κ3) is 22.8. The van der Waals surface area contributed by atoms with Crippen molar-refractivity contribution < 1.29 is 100 Å². The second-order valence-corrected chi connectivity index (χ2v) is 16.5. The second-order valence-electron chi connectivity index (χ2n) is 16.5. The van der Waals surface area contributed by atoms with Gasteiger partial charge in [-0.2, -0.15) is 0 Å². The number of esters is 7. The maximum absolute atomic E-state index is 13.7. The molecule has 0 aromatic carbocycles. The van der Waals surface area contributed by atoms with Crippen LogP contribution in [-0.4, -0.2) is 160 Å². The minimum Gasteiger partial charge on any atom is -0.463 e. The van der Waals surface area contributed by atoms with E-state index in [1.807, 2.05) is 0 Å². The highest BCUT2D eigenvalue weighted by molar-refractivity contribution is 5.88. The lowest BCUT2D eigenvalue weighted by Gasteiger charge is -2.48. The van der Waals surface area contributed by atoms with Crippen LogP contribution in [0.4, 0.5) is 0 Å². The molecule has 0 radical (unpaired) electrons. The van der Waals surface area contributed by atoms with Gasteiger partial charge in [0.1, 0.15) is 37.6 Å². The minimum atomic E-state index is -1.90. The molecule has 2 heterocycles. The van der Waals surface area contributed by atoms with E-state index in [1.54, 1.807) is 0 Å². The van der Waals surface area contributed by atoms with Crippen molar-refractivity contribution in [1.82, 2.24) is 16.0 Å². The fraction of sp³-hybridized carbons (Fsp3) is 0.739. The van der Waals surface area contributed by atoms with Crippen molar-refractivity contribution >= 4 is 59.5 Å². The zero-order valence-electron chi connectivity index (χ0n) is 41.3. The minimum absolute atomic E-state index is 0.00383. The molecule has 0 bridgehead atoms. The highest BCUT2D eigenvalue weighted by Gasteiger charge is 2.58. The first-order valence-corrected chi connectivity index (χ1v) is 23.3. The van der Waals surface area contributed by atoms with Gasteiger partial charge in [0.2, 0.25) is 17.7 Å². The molecule has 2 aliphatic heterocycles. The molecule has 0 spiro atoms. The van der Waals surface area contributed by atoms with Crippen molar-refractivity contribution in [2.75, 3.05) is 32.9 Å². The van der Waals surface area contributed by atoms with Crippen molar-refractivity contribution in [3.63, 3.8) is 0 Å². The van der Waals surface area contributed by atoms with E-state index in [0.29, 0.717) is 32.2 Å². The summed E-state index contributed by atoms with van der Waals surface area (Å²) in [5, 5.41) is 8.14. The molecule has 2 saturated heterocycles. The van der Waals surface area contributed by atoms with E-state index in [4.69, 9.17) is 52.1 Å². The van der Waals surface area contributed by atoms with E-state index in [2.05, 4.69) is 29.5 Å². The van der Waals surface area contributed by atoms with Gasteiger partial charge in [0, 0.05) is 68.0 Å². The lowest BCUT2D eigenvalue weighted by molar-refractivity contribution is -0.361. The standard InChI is InChI=1S/C46H71N3O21/c1-10-12-13-14-15-18-22-48-44(59)33(49-37(58)20-17-16-19-21-47-36(57)11-2)23-62-45-42(66-31(8)55)41(65-30(7)54)39(35(68-45)25-61-27(4)51)70-46-43(67-32(9)56)40(64-29(6)53)38(63-28(5)52)34(69-46)24-60-26(3)50/h11,33-35,38-43,45-46H,2,10,12-25H2,1,3-9H3,(H,47,57)(H,48,59)(H,49,58)/t33?,34?,35?,38-,39+,40?,41?,42?,43?,45?,46-/m0/s1. The molecule has 0 aromatic heterocycles. The van der Waals surface area contributed by atoms with Gasteiger partial charge in [0.05, 0.1) is 6.61 Å². The van der Waals surface area contributed by atoms with Crippen LogP contribution in [0.2, 0.25) is 0 Å². The van der Waals surface area contributed by atoms with Crippen LogP contribution in [-0.2, 0) is 100 Å². The Morgan fingerprint density at radius 3 is 1.50 bits per heavy atom. The summed E-state index contributed by atoms with van der Waals surface area (Å²) in [4.78, 5) is 126. The van der Waals surface area contributed by atoms with E-state index < -0.39 is 141 Å². The van der Waals surface area contributed by atoms with Crippen LogP contribution in [0, 0.1) is 0 Å². The van der Waals surface area contributed by atoms with Crippen molar-refractivity contribution in [2.24, 2.45) is 0 Å². The second kappa shape index (κ2) is 32.2. The molecule has 3 amide bonds. The molecule has 24 heteroatoms. The normalized spacial score (nSPS) is 24.3. The predicted molar refractivity (Wildman–Crippen MR) is 239 cm³/mol. The van der Waals surface area contributed by atoms with Crippen LogP contribution >= 0.6 is 0 Å². The zero-order valence-corrected chi connectivity index (χ0v) is 41.3. The number of carbonyl (C=O) groups is 10. The summed E-state index contributed by atoms with van der Waals surface area (Å²) in [7, 11) is 0. The quantitative estimate of drug-likeness (QED) is 0.0397. The third-order valence-corrected chi connectivity index (χ3v) is 10.4. The first-order chi connectivity index (χ1) is 33.2. The summed E-state index contributed by atoms with van der Waals surface area (Å²) < 4.78 is 63.2. The number of rotatable bonds is 30. The average molecular weight is 1000 g/mol. The lowest BCUT2D eigenvalue weighted by atomic mass is 9.96. The SMILES string of the molecule is C=CC(=O)NCCCCCC(=O)NC(COC1OC(COC(C)=O)[C@@H](O[C@@H]2OC(COC(C)=O)[C@H](OC(C)=O)C(OC(C)=O)C2OC(C)=O)C(OC(C)=O)C1OC(C)=O)C(=O)NCCCCCCCC. The Labute approximate surface area is 407 Å². The van der Waals surface area contributed by atoms with Gasteiger partial charge in [0.15, 0.2) is 43.1 Å². The monoisotopic (exact) mass is 1000 g/mol. The fourth-order valence-corrected chi connectivity index (χ4v) is 7.36. The molecule has 0 saturated carbocycles. The molecule has 2 aliphatic rings. The van der Waals surface area contributed by atoms with Crippen LogP contribution in [0.3, 0.4) is 0 Å². The van der Waals surface area contributed by atoms with Gasteiger partial charge in [-0.25, -0.2) is 0 Å². The van der Waals surface area contributed by atoms with Crippen LogP contribution in [0.5, 0.6) is 0 Å². The van der Waals surface area contributed by atoms with Gasteiger partial charge in [-0.15, -0.1) is 0 Å². The highest BCUT2D eigenvalue weighted by Crippen LogP contribution is 2.35. The Hall–Kier alpha value is -5.72. The van der Waals surface area contributed by atoms with Crippen LogP contribution in [0.15, 0.2) is 12.7 Å². The number of hydrogen-bond acceptors (Lipinski definition) is 21. The molecule has 2 rings (SSSR count). The molecular formula is C46H71N3O21. The van der Waals surface area contributed by atoms with E-state index in [9.17, 15) is 47.9 Å². The molecule has 24 nitrogen and oxygen atoms in total. The molecule has 396 valence electrons. The van der Waals surface area contributed by atoms with E-state index in [0.717, 1.165) is 86.6 Å². The smallest absolute Gasteiger partial charge is 0.303 e. The number of carbonyl (C=O) groups excluding carboxylic acids is 10. The summed E-state index contributed by atoms with van der Waals surface area (Å²) >= 11 is 0. The Balaban J connectivity index is 2.61. The molecule has 0 aliphatic carbocycles. The summed E-state index contributed by atoms with van der Waals surface area (Å²) in [6, 6.07) is -1.35. The summed E-state index contributed by atoms with van der Waals surface area (Å²) in [5.74, 6) is -7.78. The molecule has 0 aromatic rings. The van der Waals surface area contributed by atoms with Gasteiger partial charge in [0.25, 0.3) is 0 Å². The molecule has 8 unspecified atom stereocenters. The molecular weight excluding hydrogens is 931 g/mol. The zero-order chi connectivity index (χ0) is 52.3. The lowest BCUT2D eigenvalue weighted by Crippen LogP contribution is -2.67. The summed E-state index contributed by atoms with van der Waals surface area (Å²) in [6.45, 7) is 11.5. The van der Waals surface area contributed by atoms with Crippen LogP contribution in [0.25, 0.3) is 0 Å². The molecule has 11 atom stereocenters. The molecule has 2 fully saturated rings. The van der Waals surface area contributed by atoms with Gasteiger partial charge < -0.3 is 68.1 Å². The van der Waals surface area contributed by atoms with Gasteiger partial charge in [-0.05, 0) is 25.3 Å². The first kappa shape index (κ1) is 60.4. The summed E-state index contributed by atoms with van der Waals surface area (Å²) in [6.07, 6.45) is -8.62. The van der Waals surface area contributed by atoms with Gasteiger partial charge in [-0.1, -0.05) is 52.0 Å². The van der Waals surface area contributed by atoms with Crippen molar-refractivity contribution in [1.29, 1.82) is 0 Å². The Morgan fingerprint density at radius 1 is 0.529 bits per heavy atom. The molecule has 3 N–H and O–H groups in total. The third-order valence-electron chi connectivity index (χ3n) is 10.4. The fourth-order valence-electron chi connectivity index (χ4n) is 7.36. The Kier molecular flexibility index (Phi) is 27.8. The number of hydrogen-bond donors (Lipinski definition) is 3. The Bertz CT molecular complexity index is 1780. The van der Waals surface area contributed by atoms with E-state index in [1.165, 1.54) is 0 Å². The number of amides is 3. The number of nitrogens with one attached hydrogen (secondary N) is 3. The summed E-state index contributed by atoms with van der Waals surface area (Å²) in [5.41, 5.74) is 0. The average Bonchev–Trinajstić information content (AvgIpc) is 3.27. The molecule has 70 heavy (non-hydrogen) atoms. The van der Waals surface area contributed by atoms with Gasteiger partial charge >= 0.3 is 41.8 Å². The van der Waals surface area contributed by atoms with Crippen molar-refractivity contribution in [2.45, 2.75) is 187 Å². The number of unbranched alkanes of at least 4 members (excludes halogenated alkanes) is 7. The van der Waals surface area contributed by atoms with E-state index >= 15 is 0 Å². The highest BCUT2D eigenvalue weighted by atomic mass is 16.8.